The van der Waals surface area contributed by atoms with Gasteiger partial charge in [-0.15, -0.1) is 6.58 Å². The maximum atomic E-state index is 11.9. The lowest BCUT2D eigenvalue weighted by molar-refractivity contribution is -0.143. The average Bonchev–Trinajstić information content (AvgIpc) is 2.67. The Morgan fingerprint density at radius 3 is 2.32 bits per heavy atom. The molecule has 0 aromatic heterocycles. The molecule has 3 N–H and O–H groups in total. The third-order valence-electron chi connectivity index (χ3n) is 4.84. The maximum Gasteiger partial charge on any atom is 0.326 e. The first kappa shape index (κ1) is 26.1. The second kappa shape index (κ2) is 16.0. The summed E-state index contributed by atoms with van der Waals surface area (Å²) in [6.45, 7) is 7.31. The fourth-order valence-electron chi connectivity index (χ4n) is 2.77. The van der Waals surface area contributed by atoms with Crippen LogP contribution in [0.15, 0.2) is 24.8 Å². The third-order valence-corrected chi connectivity index (χ3v) is 4.84. The zero-order valence-electron chi connectivity index (χ0n) is 17.4. The molecule has 6 nitrogen and oxygen atoms in total. The number of carboxylic acid groups (broad SMARTS) is 1. The summed E-state index contributed by atoms with van der Waals surface area (Å²) in [6.07, 6.45) is 11.0. The fraction of sp³-hybridized carbons (Fsp3) is 0.682. The van der Waals surface area contributed by atoms with Crippen molar-refractivity contribution in [2.45, 2.75) is 90.2 Å². The second-order valence-corrected chi connectivity index (χ2v) is 7.26. The Bertz CT molecular complexity index is 515. The van der Waals surface area contributed by atoms with Crippen LogP contribution < -0.4 is 5.32 Å². The molecule has 0 rings (SSSR count). The van der Waals surface area contributed by atoms with Crippen molar-refractivity contribution in [1.29, 1.82) is 0 Å². The molecular weight excluding hydrogens is 358 g/mol. The van der Waals surface area contributed by atoms with Gasteiger partial charge in [0.25, 0.3) is 0 Å². The number of aliphatic hydroxyl groups excluding tert-OH is 1. The van der Waals surface area contributed by atoms with Crippen LogP contribution in [0.2, 0.25) is 0 Å². The molecule has 0 heterocycles. The lowest BCUT2D eigenvalue weighted by atomic mass is 9.99. The normalized spacial score (nSPS) is 14.4. The van der Waals surface area contributed by atoms with Gasteiger partial charge in [-0.3, -0.25) is 9.59 Å². The summed E-state index contributed by atoms with van der Waals surface area (Å²) >= 11 is 0. The van der Waals surface area contributed by atoms with E-state index in [0.717, 1.165) is 32.1 Å². The molecule has 0 radical (unpaired) electrons. The smallest absolute Gasteiger partial charge is 0.326 e. The molecule has 0 aliphatic carbocycles. The average molecular weight is 396 g/mol. The van der Waals surface area contributed by atoms with E-state index >= 15 is 0 Å². The van der Waals surface area contributed by atoms with Gasteiger partial charge in [0, 0.05) is 12.8 Å². The van der Waals surface area contributed by atoms with Crippen LogP contribution in [0.1, 0.15) is 78.1 Å². The van der Waals surface area contributed by atoms with E-state index in [-0.39, 0.29) is 24.0 Å². The molecular formula is C22H37NO5. The lowest BCUT2D eigenvalue weighted by Crippen LogP contribution is -2.44. The third kappa shape index (κ3) is 12.4. The number of rotatable bonds is 17. The molecule has 0 aromatic carbocycles. The van der Waals surface area contributed by atoms with Gasteiger partial charge in [0.05, 0.1) is 0 Å². The van der Waals surface area contributed by atoms with Gasteiger partial charge in [0.15, 0.2) is 5.78 Å². The molecule has 0 fully saturated rings. The number of amides is 1. The number of carboxylic acids is 1. The minimum Gasteiger partial charge on any atom is -0.480 e. The number of unbranched alkanes of at least 4 members (excludes halogenated alkanes) is 4. The van der Waals surface area contributed by atoms with Crippen molar-refractivity contribution in [3.05, 3.63) is 24.8 Å². The van der Waals surface area contributed by atoms with E-state index < -0.39 is 18.1 Å². The minimum absolute atomic E-state index is 0.104. The summed E-state index contributed by atoms with van der Waals surface area (Å²) < 4.78 is 0. The predicted octanol–water partition coefficient (Wildman–Crippen LogP) is 3.79. The van der Waals surface area contributed by atoms with E-state index in [1.165, 1.54) is 0 Å². The number of aliphatic hydroxyl groups is 1. The van der Waals surface area contributed by atoms with Gasteiger partial charge in [-0.25, -0.2) is 4.79 Å². The number of carbonyl (C=O) groups excluding carboxylic acids is 2. The molecule has 0 saturated heterocycles. The van der Waals surface area contributed by atoms with Crippen molar-refractivity contribution in [2.75, 3.05) is 0 Å². The first-order valence-corrected chi connectivity index (χ1v) is 10.3. The Morgan fingerprint density at radius 2 is 1.71 bits per heavy atom. The molecule has 0 aliphatic rings. The summed E-state index contributed by atoms with van der Waals surface area (Å²) in [4.78, 5) is 34.8. The summed E-state index contributed by atoms with van der Waals surface area (Å²) in [5.74, 6) is -1.48. The van der Waals surface area contributed by atoms with Crippen molar-refractivity contribution in [2.24, 2.45) is 5.92 Å². The van der Waals surface area contributed by atoms with E-state index in [2.05, 4.69) is 11.9 Å². The van der Waals surface area contributed by atoms with Gasteiger partial charge in [-0.1, -0.05) is 64.2 Å². The van der Waals surface area contributed by atoms with Crippen molar-refractivity contribution in [1.82, 2.24) is 5.32 Å². The van der Waals surface area contributed by atoms with Crippen molar-refractivity contribution in [3.63, 3.8) is 0 Å². The lowest BCUT2D eigenvalue weighted by Gasteiger charge is -2.20. The molecule has 6 heteroatoms. The van der Waals surface area contributed by atoms with E-state index in [1.54, 1.807) is 12.2 Å². The molecule has 1 amide bonds. The molecule has 160 valence electrons. The quantitative estimate of drug-likeness (QED) is 0.257. The first-order valence-electron chi connectivity index (χ1n) is 10.3. The molecule has 0 aromatic rings. The summed E-state index contributed by atoms with van der Waals surface area (Å²) in [6, 6.07) is -0.830. The van der Waals surface area contributed by atoms with Crippen LogP contribution in [0.5, 0.6) is 0 Å². The highest BCUT2D eigenvalue weighted by Gasteiger charge is 2.24. The Hall–Kier alpha value is -1.95. The Morgan fingerprint density at radius 1 is 1.07 bits per heavy atom. The van der Waals surface area contributed by atoms with Crippen molar-refractivity contribution < 1.29 is 24.6 Å². The summed E-state index contributed by atoms with van der Waals surface area (Å²) in [7, 11) is 0. The van der Waals surface area contributed by atoms with Gasteiger partial charge >= 0.3 is 5.97 Å². The molecule has 0 saturated carbocycles. The van der Waals surface area contributed by atoms with Crippen LogP contribution >= 0.6 is 0 Å². The standard InChI is InChI=1S/C22H37NO5/c1-4-6-7-11-14-18(24)19(25)15-12-9-8-10-13-16-20(26)23-21(22(27)28)17(3)5-2/h4,7,11,17,19,21,25H,1,5-6,8-10,12-16H2,2-3H3,(H,23,26)(H,27,28)/b11-7-/t17-,19?,21-/m0/s1. The zero-order valence-corrected chi connectivity index (χ0v) is 17.4. The van der Waals surface area contributed by atoms with Gasteiger partial charge in [-0.05, 0) is 25.2 Å². The van der Waals surface area contributed by atoms with Gasteiger partial charge in [0.2, 0.25) is 5.91 Å². The highest BCUT2D eigenvalue weighted by atomic mass is 16.4. The van der Waals surface area contributed by atoms with Crippen LogP contribution in [-0.2, 0) is 14.4 Å². The predicted molar refractivity (Wildman–Crippen MR) is 111 cm³/mol. The van der Waals surface area contributed by atoms with Crippen LogP contribution in [0.3, 0.4) is 0 Å². The van der Waals surface area contributed by atoms with Crippen LogP contribution in [0.4, 0.5) is 0 Å². The van der Waals surface area contributed by atoms with E-state index in [0.29, 0.717) is 25.7 Å². The SMILES string of the molecule is C=CC/C=C\CC(=O)C(O)CCCCCCCC(=O)N[C@H](C(=O)O)[C@@H](C)CC. The molecule has 28 heavy (non-hydrogen) atoms. The molecule has 3 atom stereocenters. The Labute approximate surface area is 169 Å². The number of allylic oxidation sites excluding steroid dienone is 3. The minimum atomic E-state index is -0.994. The number of hydrogen-bond acceptors (Lipinski definition) is 4. The number of ketones is 1. The first-order chi connectivity index (χ1) is 13.3. The summed E-state index contributed by atoms with van der Waals surface area (Å²) in [5.41, 5.74) is 0. The van der Waals surface area contributed by atoms with E-state index in [4.69, 9.17) is 0 Å². The van der Waals surface area contributed by atoms with Crippen molar-refractivity contribution >= 4 is 17.7 Å². The topological polar surface area (TPSA) is 104 Å². The molecule has 0 spiro atoms. The largest absolute Gasteiger partial charge is 0.480 e. The highest BCUT2D eigenvalue weighted by Crippen LogP contribution is 2.12. The highest BCUT2D eigenvalue weighted by molar-refractivity contribution is 5.84. The van der Waals surface area contributed by atoms with E-state index in [9.17, 15) is 24.6 Å². The molecule has 0 aliphatic heterocycles. The van der Waals surface area contributed by atoms with Gasteiger partial charge in [-0.2, -0.15) is 0 Å². The van der Waals surface area contributed by atoms with Crippen LogP contribution in [0, 0.1) is 5.92 Å². The summed E-state index contributed by atoms with van der Waals surface area (Å²) in [5, 5.41) is 21.6. The van der Waals surface area contributed by atoms with Crippen LogP contribution in [-0.4, -0.2) is 40.0 Å². The molecule has 0 bridgehead atoms. The second-order valence-electron chi connectivity index (χ2n) is 7.26. The Balaban J connectivity index is 3.83. The monoisotopic (exact) mass is 395 g/mol. The van der Waals surface area contributed by atoms with Gasteiger partial charge < -0.3 is 15.5 Å². The number of nitrogens with one attached hydrogen (secondary N) is 1. The number of aliphatic carboxylic acids is 1. The Kier molecular flexibility index (Phi) is 14.9. The van der Waals surface area contributed by atoms with E-state index in [1.807, 2.05) is 19.9 Å². The zero-order chi connectivity index (χ0) is 21.4. The number of hydrogen-bond donors (Lipinski definition) is 3. The number of Topliss-reactive ketones (excluding diaryl/α,β-unsaturated/α-hetero) is 1. The molecule has 1 unspecified atom stereocenters. The van der Waals surface area contributed by atoms with Crippen LogP contribution in [0.25, 0.3) is 0 Å². The number of carbonyl (C=O) groups is 3. The van der Waals surface area contributed by atoms with Crippen molar-refractivity contribution in [3.8, 4) is 0 Å². The van der Waals surface area contributed by atoms with Gasteiger partial charge in [0.1, 0.15) is 12.1 Å². The fourth-order valence-corrected chi connectivity index (χ4v) is 2.77. The maximum absolute atomic E-state index is 11.9.